The second-order valence-corrected chi connectivity index (χ2v) is 7.43. The van der Waals surface area contributed by atoms with Gasteiger partial charge in [0, 0.05) is 12.4 Å². The number of hydrogen-bond donors (Lipinski definition) is 0. The van der Waals surface area contributed by atoms with Crippen LogP contribution in [0.5, 0.6) is 0 Å². The summed E-state index contributed by atoms with van der Waals surface area (Å²) in [5.41, 5.74) is 2.60. The van der Waals surface area contributed by atoms with E-state index in [4.69, 9.17) is 0 Å². The first kappa shape index (κ1) is 14.0. The number of rotatable bonds is 3. The first-order valence-electron chi connectivity index (χ1n) is 7.07. The van der Waals surface area contributed by atoms with Crippen LogP contribution in [0.25, 0.3) is 0 Å². The molecule has 3 rings (SSSR count). The molecule has 0 saturated carbocycles. The van der Waals surface area contributed by atoms with Crippen LogP contribution in [-0.2, 0) is 0 Å². The standard InChI is InChI=1S/C19H18NP/c1-15-3-7-17(8-4-15)21(19-11-13-20-14-12-19)18-9-5-16(2)6-10-18/h3-14H,1-2H3. The molecule has 0 amide bonds. The summed E-state index contributed by atoms with van der Waals surface area (Å²) in [6, 6.07) is 22.0. The van der Waals surface area contributed by atoms with Gasteiger partial charge in [0.25, 0.3) is 0 Å². The van der Waals surface area contributed by atoms with Gasteiger partial charge in [-0.2, -0.15) is 0 Å². The Morgan fingerprint density at radius 2 is 0.952 bits per heavy atom. The second kappa shape index (κ2) is 6.20. The van der Waals surface area contributed by atoms with Crippen molar-refractivity contribution >= 4 is 23.8 Å². The molecule has 1 nitrogen and oxygen atoms in total. The lowest BCUT2D eigenvalue weighted by Crippen LogP contribution is -2.20. The van der Waals surface area contributed by atoms with Gasteiger partial charge in [0.15, 0.2) is 0 Å². The van der Waals surface area contributed by atoms with E-state index in [1.54, 1.807) is 0 Å². The maximum absolute atomic E-state index is 4.15. The van der Waals surface area contributed by atoms with Gasteiger partial charge in [-0.1, -0.05) is 59.7 Å². The number of aromatic nitrogens is 1. The summed E-state index contributed by atoms with van der Waals surface area (Å²) in [4.78, 5) is 4.15. The first-order chi connectivity index (χ1) is 10.2. The third-order valence-electron chi connectivity index (χ3n) is 3.51. The van der Waals surface area contributed by atoms with Crippen LogP contribution < -0.4 is 15.9 Å². The summed E-state index contributed by atoms with van der Waals surface area (Å²) < 4.78 is 0. The van der Waals surface area contributed by atoms with Gasteiger partial charge in [-0.15, -0.1) is 0 Å². The molecule has 0 radical (unpaired) electrons. The minimum atomic E-state index is -0.511. The predicted molar refractivity (Wildman–Crippen MR) is 92.4 cm³/mol. The SMILES string of the molecule is Cc1ccc(P(c2ccncc2)c2ccc(C)cc2)cc1. The Labute approximate surface area is 127 Å². The summed E-state index contributed by atoms with van der Waals surface area (Å²) in [5.74, 6) is 0. The molecule has 1 aromatic heterocycles. The highest BCUT2D eigenvalue weighted by molar-refractivity contribution is 7.79. The Kier molecular flexibility index (Phi) is 4.13. The van der Waals surface area contributed by atoms with Crippen LogP contribution in [0.1, 0.15) is 11.1 Å². The molecule has 0 saturated heterocycles. The van der Waals surface area contributed by atoms with Gasteiger partial charge in [-0.05, 0) is 49.8 Å². The van der Waals surface area contributed by atoms with E-state index in [2.05, 4.69) is 79.5 Å². The van der Waals surface area contributed by atoms with Crippen molar-refractivity contribution in [3.05, 3.63) is 84.2 Å². The molecule has 0 fully saturated rings. The van der Waals surface area contributed by atoms with Gasteiger partial charge in [0.1, 0.15) is 0 Å². The molecule has 2 heteroatoms. The van der Waals surface area contributed by atoms with Crippen molar-refractivity contribution in [2.75, 3.05) is 0 Å². The summed E-state index contributed by atoms with van der Waals surface area (Å²) in [7, 11) is -0.511. The fourth-order valence-corrected chi connectivity index (χ4v) is 4.55. The molecule has 0 bridgehead atoms. The summed E-state index contributed by atoms with van der Waals surface area (Å²) in [6.45, 7) is 4.26. The topological polar surface area (TPSA) is 12.9 Å². The zero-order chi connectivity index (χ0) is 14.7. The zero-order valence-corrected chi connectivity index (χ0v) is 13.2. The average molecular weight is 291 g/mol. The minimum Gasteiger partial charge on any atom is -0.265 e. The zero-order valence-electron chi connectivity index (χ0n) is 12.3. The van der Waals surface area contributed by atoms with E-state index in [0.29, 0.717) is 0 Å². The highest BCUT2D eigenvalue weighted by atomic mass is 31.1. The van der Waals surface area contributed by atoms with Gasteiger partial charge in [-0.3, -0.25) is 4.98 Å². The Morgan fingerprint density at radius 3 is 1.38 bits per heavy atom. The van der Waals surface area contributed by atoms with Crippen molar-refractivity contribution in [1.29, 1.82) is 0 Å². The van der Waals surface area contributed by atoms with Crippen molar-refractivity contribution in [3.63, 3.8) is 0 Å². The predicted octanol–water partition coefficient (Wildman–Crippen LogP) is 3.46. The number of benzene rings is 2. The fraction of sp³-hybridized carbons (Fsp3) is 0.105. The molecule has 0 N–H and O–H groups in total. The monoisotopic (exact) mass is 291 g/mol. The molecule has 0 aliphatic carbocycles. The lowest BCUT2D eigenvalue weighted by atomic mass is 10.2. The van der Waals surface area contributed by atoms with Crippen LogP contribution in [0, 0.1) is 13.8 Å². The maximum Gasteiger partial charge on any atom is 0.0274 e. The van der Waals surface area contributed by atoms with E-state index in [9.17, 15) is 0 Å². The Balaban J connectivity index is 2.11. The average Bonchev–Trinajstić information content (AvgIpc) is 2.52. The third-order valence-corrected chi connectivity index (χ3v) is 5.95. The lowest BCUT2D eigenvalue weighted by Gasteiger charge is -2.19. The molecule has 1 heterocycles. The molecule has 0 aliphatic rings. The molecular weight excluding hydrogens is 273 g/mol. The molecule has 0 spiro atoms. The molecule has 0 unspecified atom stereocenters. The molecular formula is C19H18NP. The first-order valence-corrected chi connectivity index (χ1v) is 8.42. The summed E-state index contributed by atoms with van der Waals surface area (Å²) in [6.07, 6.45) is 3.76. The number of hydrogen-bond acceptors (Lipinski definition) is 1. The van der Waals surface area contributed by atoms with Gasteiger partial charge in [0.05, 0.1) is 0 Å². The van der Waals surface area contributed by atoms with E-state index < -0.39 is 7.92 Å². The van der Waals surface area contributed by atoms with E-state index >= 15 is 0 Å². The van der Waals surface area contributed by atoms with E-state index in [1.807, 2.05) is 12.4 Å². The fourth-order valence-electron chi connectivity index (χ4n) is 2.33. The van der Waals surface area contributed by atoms with Crippen molar-refractivity contribution in [2.45, 2.75) is 13.8 Å². The van der Waals surface area contributed by atoms with E-state index in [1.165, 1.54) is 27.0 Å². The quantitative estimate of drug-likeness (QED) is 0.674. The highest BCUT2D eigenvalue weighted by Crippen LogP contribution is 2.32. The van der Waals surface area contributed by atoms with Crippen molar-refractivity contribution in [1.82, 2.24) is 4.98 Å². The van der Waals surface area contributed by atoms with Crippen molar-refractivity contribution in [2.24, 2.45) is 0 Å². The van der Waals surface area contributed by atoms with E-state index in [-0.39, 0.29) is 0 Å². The number of aryl methyl sites for hydroxylation is 2. The largest absolute Gasteiger partial charge is 0.265 e. The Bertz CT molecular complexity index is 657. The summed E-state index contributed by atoms with van der Waals surface area (Å²) >= 11 is 0. The van der Waals surface area contributed by atoms with E-state index in [0.717, 1.165) is 0 Å². The highest BCUT2D eigenvalue weighted by Gasteiger charge is 2.15. The molecule has 21 heavy (non-hydrogen) atoms. The van der Waals surface area contributed by atoms with Crippen LogP contribution in [0.3, 0.4) is 0 Å². The van der Waals surface area contributed by atoms with Gasteiger partial charge >= 0.3 is 0 Å². The maximum atomic E-state index is 4.15. The minimum absolute atomic E-state index is 0.511. The van der Waals surface area contributed by atoms with Crippen LogP contribution in [-0.4, -0.2) is 4.98 Å². The summed E-state index contributed by atoms with van der Waals surface area (Å²) in [5, 5.41) is 4.10. The van der Waals surface area contributed by atoms with Gasteiger partial charge < -0.3 is 0 Å². The van der Waals surface area contributed by atoms with Gasteiger partial charge in [0.2, 0.25) is 0 Å². The molecule has 3 aromatic rings. The Hall–Kier alpha value is -1.98. The number of pyridine rings is 1. The van der Waals surface area contributed by atoms with Gasteiger partial charge in [-0.25, -0.2) is 0 Å². The number of nitrogens with zero attached hydrogens (tertiary/aromatic N) is 1. The lowest BCUT2D eigenvalue weighted by molar-refractivity contribution is 1.34. The molecule has 0 atom stereocenters. The van der Waals surface area contributed by atoms with Crippen LogP contribution in [0.15, 0.2) is 73.1 Å². The second-order valence-electron chi connectivity index (χ2n) is 5.21. The van der Waals surface area contributed by atoms with Crippen LogP contribution in [0.4, 0.5) is 0 Å². The normalized spacial score (nSPS) is 10.8. The van der Waals surface area contributed by atoms with Crippen LogP contribution >= 0.6 is 7.92 Å². The molecule has 0 aliphatic heterocycles. The van der Waals surface area contributed by atoms with Crippen molar-refractivity contribution < 1.29 is 0 Å². The third kappa shape index (κ3) is 3.20. The van der Waals surface area contributed by atoms with Crippen LogP contribution in [0.2, 0.25) is 0 Å². The smallest absolute Gasteiger partial charge is 0.0274 e. The molecule has 2 aromatic carbocycles. The molecule has 104 valence electrons. The Morgan fingerprint density at radius 1 is 0.571 bits per heavy atom. The van der Waals surface area contributed by atoms with Crippen molar-refractivity contribution in [3.8, 4) is 0 Å².